The number of halogens is 4. The first kappa shape index (κ1) is 90.7. The van der Waals surface area contributed by atoms with Gasteiger partial charge in [0.05, 0.1) is 46.2 Å². The van der Waals surface area contributed by atoms with Crippen LogP contribution in [0.2, 0.25) is 5.02 Å². The molecule has 0 spiro atoms. The van der Waals surface area contributed by atoms with Crippen molar-refractivity contribution in [2.75, 3.05) is 52.9 Å². The monoisotopic (exact) mass is 1620 g/mol. The van der Waals surface area contributed by atoms with E-state index in [4.69, 9.17) is 49.5 Å². The van der Waals surface area contributed by atoms with E-state index in [1.165, 1.54) is 84.9 Å². The number of ether oxygens (including phenoxy) is 8. The molecule has 0 radical (unpaired) electrons. The van der Waals surface area contributed by atoms with Gasteiger partial charge in [0.25, 0.3) is 0 Å². The molecule has 0 saturated carbocycles. The molecule has 0 atom stereocenters. The maximum absolute atomic E-state index is 13.0. The van der Waals surface area contributed by atoms with Crippen molar-refractivity contribution in [1.29, 1.82) is 0 Å². The zero-order valence-corrected chi connectivity index (χ0v) is 71.3. The molecule has 119 heavy (non-hydrogen) atoms. The van der Waals surface area contributed by atoms with Gasteiger partial charge in [0.15, 0.2) is 0 Å². The molecular weight excluding hydrogens is 1510 g/mol. The minimum Gasteiger partial charge on any atom is -0.494 e. The highest BCUT2D eigenvalue weighted by atomic mass is 35.5. The van der Waals surface area contributed by atoms with Crippen LogP contribution in [0.4, 0.5) is 13.2 Å². The SMILES string of the molecule is C=C(C)COc1ccc2ccccc2c1.CC(C)COc1ccc2ccc(F)cc2c1.CC(C)COc1ccc2ccccc2c1.CC(C)COc1ccc2ccccc2c1.CCCOc1ccc2ccc(Cl)cc2c1.CCCOc1ccc2ccc(F)cc2c1.CCCOc1ccc2ccccc2c1.CCOc1ccc2ccc(F)cc2c1. The second kappa shape index (κ2) is 48.5. The molecule has 0 amide bonds. The molecule has 0 N–H and O–H groups in total. The number of hydrogen-bond acceptors (Lipinski definition) is 8. The minimum absolute atomic E-state index is 0.213. The Labute approximate surface area is 706 Å². The van der Waals surface area contributed by atoms with E-state index >= 15 is 0 Å². The van der Waals surface area contributed by atoms with Crippen molar-refractivity contribution in [2.45, 2.75) is 95.4 Å². The summed E-state index contributed by atoms with van der Waals surface area (Å²) >= 11 is 5.93. The van der Waals surface area contributed by atoms with Crippen LogP contribution in [0.15, 0.2) is 328 Å². The highest BCUT2D eigenvalue weighted by Gasteiger charge is 2.07. The summed E-state index contributed by atoms with van der Waals surface area (Å²) in [5, 5.41) is 18.7. The van der Waals surface area contributed by atoms with Gasteiger partial charge < -0.3 is 37.9 Å². The van der Waals surface area contributed by atoms with Crippen LogP contribution in [0.5, 0.6) is 46.0 Å². The van der Waals surface area contributed by atoms with E-state index in [2.05, 4.69) is 202 Å². The lowest BCUT2D eigenvalue weighted by molar-refractivity contribution is 0.271. The summed E-state index contributed by atoms with van der Waals surface area (Å²) in [6.45, 7) is 32.5. The van der Waals surface area contributed by atoms with Gasteiger partial charge in [-0.15, -0.1) is 0 Å². The second-order valence-corrected chi connectivity index (χ2v) is 30.4. The van der Waals surface area contributed by atoms with Gasteiger partial charge in [0.2, 0.25) is 0 Å². The average Bonchev–Trinajstić information content (AvgIpc) is 0.696. The van der Waals surface area contributed by atoms with Crippen molar-refractivity contribution in [3.05, 3.63) is 350 Å². The van der Waals surface area contributed by atoms with Crippen LogP contribution in [0.25, 0.3) is 86.2 Å². The lowest BCUT2D eigenvalue weighted by atomic mass is 10.1. The van der Waals surface area contributed by atoms with Gasteiger partial charge in [-0.3, -0.25) is 0 Å². The van der Waals surface area contributed by atoms with Crippen molar-refractivity contribution in [3.8, 4) is 46.0 Å². The van der Waals surface area contributed by atoms with Crippen LogP contribution >= 0.6 is 11.6 Å². The molecule has 0 aliphatic heterocycles. The van der Waals surface area contributed by atoms with Crippen molar-refractivity contribution in [2.24, 2.45) is 17.8 Å². The smallest absolute Gasteiger partial charge is 0.123 e. The summed E-state index contributed by atoms with van der Waals surface area (Å²) in [5.41, 5.74) is 1.03. The van der Waals surface area contributed by atoms with Gasteiger partial charge in [-0.2, -0.15) is 0 Å². The fourth-order valence-corrected chi connectivity index (χ4v) is 12.2. The third-order valence-corrected chi connectivity index (χ3v) is 18.2. The molecule has 616 valence electrons. The Hall–Kier alpha value is -12.2. The van der Waals surface area contributed by atoms with Gasteiger partial charge in [0, 0.05) is 5.02 Å². The summed E-state index contributed by atoms with van der Waals surface area (Å²) < 4.78 is 83.4. The molecule has 0 unspecified atom stereocenters. The van der Waals surface area contributed by atoms with E-state index in [0.717, 1.165) is 140 Å². The molecule has 16 aromatic rings. The van der Waals surface area contributed by atoms with Crippen molar-refractivity contribution < 1.29 is 51.1 Å². The Morgan fingerprint density at radius 2 is 0.479 bits per heavy atom. The molecule has 0 aromatic heterocycles. The van der Waals surface area contributed by atoms with Crippen LogP contribution in [0.1, 0.15) is 95.4 Å². The highest BCUT2D eigenvalue weighted by Crippen LogP contribution is 2.30. The normalized spacial score (nSPS) is 10.6. The zero-order valence-electron chi connectivity index (χ0n) is 70.5. The molecule has 0 aliphatic carbocycles. The van der Waals surface area contributed by atoms with Crippen LogP contribution in [0.3, 0.4) is 0 Å². The Kier molecular flexibility index (Phi) is 37.0. The third kappa shape index (κ3) is 31.3. The quantitative estimate of drug-likeness (QED) is 0.0587. The van der Waals surface area contributed by atoms with Gasteiger partial charge >= 0.3 is 0 Å². The largest absolute Gasteiger partial charge is 0.494 e. The first-order valence-electron chi connectivity index (χ1n) is 41.1. The molecule has 8 nitrogen and oxygen atoms in total. The fraction of sp³-hybridized carbons (Fsp3) is 0.234. The number of hydrogen-bond donors (Lipinski definition) is 0. The molecule has 16 aromatic carbocycles. The van der Waals surface area contributed by atoms with Crippen LogP contribution in [-0.2, 0) is 0 Å². The Balaban J connectivity index is 0.000000155. The molecule has 0 aliphatic rings. The Bertz CT molecular complexity index is 5630. The molecule has 0 heterocycles. The van der Waals surface area contributed by atoms with E-state index in [0.29, 0.717) is 44.2 Å². The Morgan fingerprint density at radius 3 is 0.739 bits per heavy atom. The third-order valence-electron chi connectivity index (χ3n) is 17.9. The maximum atomic E-state index is 13.0. The van der Waals surface area contributed by atoms with Gasteiger partial charge in [-0.05, 0) is 288 Å². The van der Waals surface area contributed by atoms with Gasteiger partial charge in [0.1, 0.15) is 70.1 Å². The second-order valence-electron chi connectivity index (χ2n) is 30.0. The predicted molar refractivity (Wildman–Crippen MR) is 496 cm³/mol. The topological polar surface area (TPSA) is 73.8 Å². The fourth-order valence-electron chi connectivity index (χ4n) is 12.0. The predicted octanol–water partition coefficient (Wildman–Crippen LogP) is 30.6. The number of benzene rings is 16. The van der Waals surface area contributed by atoms with Gasteiger partial charge in [-0.25, -0.2) is 13.2 Å². The summed E-state index contributed by atoms with van der Waals surface area (Å²) in [5.74, 6) is 8.05. The molecule has 0 fully saturated rings. The summed E-state index contributed by atoms with van der Waals surface area (Å²) in [6, 6.07) is 101. The van der Waals surface area contributed by atoms with E-state index in [-0.39, 0.29) is 17.5 Å². The first-order chi connectivity index (χ1) is 57.7. The molecule has 16 rings (SSSR count). The first-order valence-corrected chi connectivity index (χ1v) is 41.5. The minimum atomic E-state index is -0.217. The Morgan fingerprint density at radius 1 is 0.261 bits per heavy atom. The summed E-state index contributed by atoms with van der Waals surface area (Å²) in [6.07, 6.45) is 3.04. The van der Waals surface area contributed by atoms with E-state index in [9.17, 15) is 13.2 Å². The van der Waals surface area contributed by atoms with E-state index < -0.39 is 0 Å². The number of fused-ring (bicyclic) bond motifs is 8. The summed E-state index contributed by atoms with van der Waals surface area (Å²) in [4.78, 5) is 0. The maximum Gasteiger partial charge on any atom is 0.123 e. The molecule has 12 heteroatoms. The van der Waals surface area contributed by atoms with Crippen molar-refractivity contribution in [1.82, 2.24) is 0 Å². The zero-order chi connectivity index (χ0) is 84.7. The lowest BCUT2D eigenvalue weighted by Crippen LogP contribution is -2.04. The molecule has 0 bridgehead atoms. The van der Waals surface area contributed by atoms with Crippen LogP contribution < -0.4 is 37.9 Å². The highest BCUT2D eigenvalue weighted by molar-refractivity contribution is 6.31. The van der Waals surface area contributed by atoms with Crippen molar-refractivity contribution >= 4 is 97.8 Å². The van der Waals surface area contributed by atoms with E-state index in [1.54, 1.807) is 18.2 Å². The van der Waals surface area contributed by atoms with Crippen LogP contribution in [0, 0.1) is 35.2 Å². The van der Waals surface area contributed by atoms with E-state index in [1.807, 2.05) is 141 Å². The lowest BCUT2D eigenvalue weighted by Gasteiger charge is -2.09. The van der Waals surface area contributed by atoms with Gasteiger partial charge in [-0.1, -0.05) is 250 Å². The molecular formula is C107H112ClF3O8. The summed E-state index contributed by atoms with van der Waals surface area (Å²) in [7, 11) is 0. The van der Waals surface area contributed by atoms with Crippen LogP contribution in [-0.4, -0.2) is 52.9 Å². The molecule has 0 saturated heterocycles. The standard InChI is InChI=1S/C14H15FO.2C14H16O.C14H14O.C13H13ClO.C13H13FO.C13H14O.C12H11FO/c1-10(2)9-16-14-6-4-11-3-5-13(15)7-12(11)8-14;3*1-11(2)10-15-14-8-7-12-5-3-4-6-13(12)9-14;2*1-2-7-15-13-6-4-10-3-5-12(14)8-11(10)9-13;1-2-9-14-13-8-7-11-5-3-4-6-12(11)10-13;1-2-14-12-6-4-9-3-5-11(13)7-10(9)8-12/h3-8,10H,9H2,1-2H3;2*3-9,11H,10H2,1-2H3;3-9H,1,10H2,2H3;2*3-6,8-9H,2,7H2,1H3;3-8,10H,2,9H2,1H3;3-8H,2H2,1H3. The number of rotatable bonds is 23. The average molecular weight is 1620 g/mol. The van der Waals surface area contributed by atoms with Crippen molar-refractivity contribution in [3.63, 3.8) is 0 Å².